The largest absolute Gasteiger partial charge is 0.333 e. The Morgan fingerprint density at radius 3 is 2.81 bits per heavy atom. The highest BCUT2D eigenvalue weighted by molar-refractivity contribution is 5.86. The fourth-order valence-corrected chi connectivity index (χ4v) is 2.14. The summed E-state index contributed by atoms with van der Waals surface area (Å²) in [5, 5.41) is 3.80. The zero-order valence-corrected chi connectivity index (χ0v) is 11.7. The van der Waals surface area contributed by atoms with E-state index in [1.165, 1.54) is 18.3 Å². The molecule has 1 N–H and O–H groups in total. The zero-order chi connectivity index (χ0) is 15.1. The molecule has 1 aromatic rings. The van der Waals surface area contributed by atoms with Crippen LogP contribution in [0.3, 0.4) is 0 Å². The van der Waals surface area contributed by atoms with Gasteiger partial charge in [0.15, 0.2) is 0 Å². The summed E-state index contributed by atoms with van der Waals surface area (Å²) >= 11 is 0. The predicted octanol–water partition coefficient (Wildman–Crippen LogP) is 1.68. The number of hydrogen-bond donors (Lipinski definition) is 1. The molecule has 0 bridgehead atoms. The maximum absolute atomic E-state index is 12.7. The Bertz CT molecular complexity index is 528. The Morgan fingerprint density at radius 2 is 2.05 bits per heavy atom. The highest BCUT2D eigenvalue weighted by atomic mass is 19.1. The summed E-state index contributed by atoms with van der Waals surface area (Å²) in [5.74, 6) is -0.635. The number of likely N-dealkylation sites (tertiary alicyclic amines) is 1. The number of benzene rings is 1. The van der Waals surface area contributed by atoms with E-state index < -0.39 is 0 Å². The van der Waals surface area contributed by atoms with Crippen molar-refractivity contribution < 1.29 is 14.0 Å². The molecule has 0 saturated carbocycles. The first-order valence-corrected chi connectivity index (χ1v) is 7.00. The van der Waals surface area contributed by atoms with Crippen molar-refractivity contribution in [2.75, 3.05) is 13.1 Å². The smallest absolute Gasteiger partial charge is 0.259 e. The minimum Gasteiger partial charge on any atom is -0.333 e. The molecule has 1 aromatic carbocycles. The van der Waals surface area contributed by atoms with Crippen LogP contribution in [0.25, 0.3) is 0 Å². The molecule has 1 aliphatic heterocycles. The van der Waals surface area contributed by atoms with Crippen LogP contribution in [0.1, 0.15) is 31.2 Å². The lowest BCUT2D eigenvalue weighted by Gasteiger charge is -2.18. The first kappa shape index (κ1) is 15.2. The van der Waals surface area contributed by atoms with Gasteiger partial charge in [-0.15, -0.1) is 0 Å². The van der Waals surface area contributed by atoms with E-state index in [9.17, 15) is 14.0 Å². The summed E-state index contributed by atoms with van der Waals surface area (Å²) in [7, 11) is 0. The average molecular weight is 291 g/mol. The van der Waals surface area contributed by atoms with E-state index in [4.69, 9.17) is 0 Å². The number of hydrazone groups is 1. The maximum atomic E-state index is 12.7. The van der Waals surface area contributed by atoms with Gasteiger partial charge < -0.3 is 4.90 Å². The van der Waals surface area contributed by atoms with E-state index in [2.05, 4.69) is 10.5 Å². The standard InChI is InChI=1S/C15H18FN3O2/c16-13-7-5-12(6-8-13)10-17-18-14(20)11-19-9-3-1-2-4-15(19)21/h5-8,10H,1-4,9,11H2,(H,18,20)/b17-10-. The van der Waals surface area contributed by atoms with Crippen molar-refractivity contribution in [1.82, 2.24) is 10.3 Å². The van der Waals surface area contributed by atoms with Crippen LogP contribution in [0.2, 0.25) is 0 Å². The number of halogens is 1. The predicted molar refractivity (Wildman–Crippen MR) is 77.2 cm³/mol. The number of carbonyl (C=O) groups is 2. The quantitative estimate of drug-likeness (QED) is 0.677. The van der Waals surface area contributed by atoms with E-state index in [1.54, 1.807) is 17.0 Å². The third-order valence-corrected chi connectivity index (χ3v) is 3.28. The summed E-state index contributed by atoms with van der Waals surface area (Å²) in [6.45, 7) is 0.646. The fourth-order valence-electron chi connectivity index (χ4n) is 2.14. The number of carbonyl (C=O) groups excluding carboxylic acids is 2. The van der Waals surface area contributed by atoms with Gasteiger partial charge in [0.05, 0.1) is 6.21 Å². The Kier molecular flexibility index (Phi) is 5.43. The van der Waals surface area contributed by atoms with Gasteiger partial charge in [-0.1, -0.05) is 18.6 Å². The van der Waals surface area contributed by atoms with Crippen LogP contribution in [-0.4, -0.2) is 36.0 Å². The van der Waals surface area contributed by atoms with Crippen molar-refractivity contribution >= 4 is 18.0 Å². The van der Waals surface area contributed by atoms with Gasteiger partial charge in [0, 0.05) is 13.0 Å². The summed E-state index contributed by atoms with van der Waals surface area (Å²) in [5.41, 5.74) is 3.06. The van der Waals surface area contributed by atoms with Gasteiger partial charge in [0.1, 0.15) is 12.4 Å². The van der Waals surface area contributed by atoms with Crippen LogP contribution < -0.4 is 5.43 Å². The SMILES string of the molecule is O=C(CN1CCCCCC1=O)N/N=C\c1ccc(F)cc1. The molecule has 21 heavy (non-hydrogen) atoms. The first-order valence-electron chi connectivity index (χ1n) is 7.00. The van der Waals surface area contributed by atoms with E-state index in [0.29, 0.717) is 18.5 Å². The van der Waals surface area contributed by atoms with Crippen LogP contribution >= 0.6 is 0 Å². The topological polar surface area (TPSA) is 61.8 Å². The molecule has 0 aromatic heterocycles. The lowest BCUT2D eigenvalue weighted by Crippen LogP contribution is -2.39. The molecule has 0 radical (unpaired) electrons. The molecule has 0 unspecified atom stereocenters. The Labute approximate surface area is 122 Å². The van der Waals surface area contributed by atoms with Gasteiger partial charge >= 0.3 is 0 Å². The van der Waals surface area contributed by atoms with Crippen LogP contribution in [0, 0.1) is 5.82 Å². The minimum atomic E-state index is -0.330. The van der Waals surface area contributed by atoms with E-state index in [-0.39, 0.29) is 24.2 Å². The van der Waals surface area contributed by atoms with Gasteiger partial charge in [0.2, 0.25) is 5.91 Å². The normalized spacial score (nSPS) is 16.0. The van der Waals surface area contributed by atoms with Gasteiger partial charge in [-0.25, -0.2) is 9.82 Å². The molecule has 0 spiro atoms. The molecule has 6 heteroatoms. The third-order valence-electron chi connectivity index (χ3n) is 3.28. The van der Waals surface area contributed by atoms with E-state index in [0.717, 1.165) is 19.3 Å². The molecule has 1 heterocycles. The third kappa shape index (κ3) is 4.98. The fraction of sp³-hybridized carbons (Fsp3) is 0.400. The van der Waals surface area contributed by atoms with Crippen molar-refractivity contribution in [2.24, 2.45) is 5.10 Å². The monoisotopic (exact) mass is 291 g/mol. The highest BCUT2D eigenvalue weighted by Gasteiger charge is 2.18. The maximum Gasteiger partial charge on any atom is 0.259 e. The summed E-state index contributed by atoms with van der Waals surface area (Å²) < 4.78 is 12.7. The molecule has 0 aliphatic carbocycles. The molecular formula is C15H18FN3O2. The Hall–Kier alpha value is -2.24. The first-order chi connectivity index (χ1) is 10.1. The molecule has 2 amide bonds. The Balaban J connectivity index is 1.81. The van der Waals surface area contributed by atoms with Crippen molar-refractivity contribution in [3.8, 4) is 0 Å². The van der Waals surface area contributed by atoms with Crippen LogP contribution in [0.4, 0.5) is 4.39 Å². The van der Waals surface area contributed by atoms with Crippen molar-refractivity contribution in [3.05, 3.63) is 35.6 Å². The average Bonchev–Trinajstić information content (AvgIpc) is 2.66. The number of nitrogens with zero attached hydrogens (tertiary/aromatic N) is 2. The van der Waals surface area contributed by atoms with Gasteiger partial charge in [-0.3, -0.25) is 9.59 Å². The number of nitrogens with one attached hydrogen (secondary N) is 1. The summed E-state index contributed by atoms with van der Waals surface area (Å²) in [6.07, 6.45) is 4.78. The summed E-state index contributed by atoms with van der Waals surface area (Å²) in [6, 6.07) is 5.75. The zero-order valence-electron chi connectivity index (χ0n) is 11.7. The molecular weight excluding hydrogens is 273 g/mol. The lowest BCUT2D eigenvalue weighted by molar-refractivity contribution is -0.135. The molecule has 1 fully saturated rings. The van der Waals surface area contributed by atoms with Gasteiger partial charge in [0.25, 0.3) is 5.91 Å². The van der Waals surface area contributed by atoms with Crippen LogP contribution in [0.15, 0.2) is 29.4 Å². The summed E-state index contributed by atoms with van der Waals surface area (Å²) in [4.78, 5) is 25.0. The highest BCUT2D eigenvalue weighted by Crippen LogP contribution is 2.10. The minimum absolute atomic E-state index is 0.0187. The number of rotatable bonds is 4. The van der Waals surface area contributed by atoms with Crippen LogP contribution in [-0.2, 0) is 9.59 Å². The number of amides is 2. The van der Waals surface area contributed by atoms with E-state index >= 15 is 0 Å². The molecule has 1 aliphatic rings. The van der Waals surface area contributed by atoms with E-state index in [1.807, 2.05) is 0 Å². The molecule has 0 atom stereocenters. The molecule has 2 rings (SSSR count). The molecule has 1 saturated heterocycles. The second kappa shape index (κ2) is 7.52. The number of hydrogen-bond acceptors (Lipinski definition) is 3. The van der Waals surface area contributed by atoms with Crippen molar-refractivity contribution in [1.29, 1.82) is 0 Å². The van der Waals surface area contributed by atoms with Crippen molar-refractivity contribution in [2.45, 2.75) is 25.7 Å². The van der Waals surface area contributed by atoms with Crippen molar-refractivity contribution in [3.63, 3.8) is 0 Å². The second-order valence-corrected chi connectivity index (χ2v) is 4.97. The Morgan fingerprint density at radius 1 is 1.29 bits per heavy atom. The molecule has 112 valence electrons. The second-order valence-electron chi connectivity index (χ2n) is 4.97. The van der Waals surface area contributed by atoms with Gasteiger partial charge in [-0.2, -0.15) is 5.10 Å². The van der Waals surface area contributed by atoms with Gasteiger partial charge in [-0.05, 0) is 30.5 Å². The van der Waals surface area contributed by atoms with Crippen LogP contribution in [0.5, 0.6) is 0 Å². The molecule has 5 nitrogen and oxygen atoms in total. The lowest BCUT2D eigenvalue weighted by atomic mass is 10.2.